The van der Waals surface area contributed by atoms with Gasteiger partial charge in [-0.3, -0.25) is 0 Å². The van der Waals surface area contributed by atoms with Gasteiger partial charge in [0.25, 0.3) is 0 Å². The van der Waals surface area contributed by atoms with Crippen LogP contribution in [0.4, 0.5) is 0 Å². The summed E-state index contributed by atoms with van der Waals surface area (Å²) in [6, 6.07) is 0. The molecule has 0 saturated carbocycles. The van der Waals surface area contributed by atoms with Gasteiger partial charge in [0.1, 0.15) is 0 Å². The minimum Gasteiger partial charge on any atom is -0.393 e. The first-order chi connectivity index (χ1) is 5.18. The molecule has 0 bridgehead atoms. The van der Waals surface area contributed by atoms with Crippen LogP contribution in [-0.2, 0) is 0 Å². The van der Waals surface area contributed by atoms with Gasteiger partial charge in [0.05, 0.1) is 6.10 Å². The largest absolute Gasteiger partial charge is 0.393 e. The van der Waals surface area contributed by atoms with Crippen molar-refractivity contribution in [2.45, 2.75) is 59.0 Å². The van der Waals surface area contributed by atoms with Crippen molar-refractivity contribution < 1.29 is 5.11 Å². The summed E-state index contributed by atoms with van der Waals surface area (Å²) in [5, 5.41) is 9.18. The van der Waals surface area contributed by atoms with E-state index in [1.165, 1.54) is 32.1 Å². The molecule has 0 radical (unpaired) electrons. The molecule has 11 heavy (non-hydrogen) atoms. The Morgan fingerprint density at radius 3 is 2.18 bits per heavy atom. The molecule has 0 fully saturated rings. The van der Waals surface area contributed by atoms with E-state index in [4.69, 9.17) is 0 Å². The van der Waals surface area contributed by atoms with Crippen LogP contribution in [0, 0.1) is 5.92 Å². The number of aliphatic hydroxyl groups excluding tert-OH is 1. The van der Waals surface area contributed by atoms with Crippen molar-refractivity contribution in [1.82, 2.24) is 0 Å². The van der Waals surface area contributed by atoms with Gasteiger partial charge in [0.2, 0.25) is 0 Å². The minimum absolute atomic E-state index is 0.128. The molecule has 0 heterocycles. The fourth-order valence-electron chi connectivity index (χ4n) is 1.13. The fourth-order valence-corrected chi connectivity index (χ4v) is 1.13. The van der Waals surface area contributed by atoms with Crippen molar-refractivity contribution in [3.8, 4) is 0 Å². The predicted molar refractivity (Wildman–Crippen MR) is 49.6 cm³/mol. The van der Waals surface area contributed by atoms with Crippen LogP contribution in [0.25, 0.3) is 0 Å². The Bertz CT molecular complexity index is 78.9. The van der Waals surface area contributed by atoms with E-state index >= 15 is 0 Å². The molecular formula is C10H22O. The summed E-state index contributed by atoms with van der Waals surface area (Å²) in [5.41, 5.74) is 0. The SMILES string of the molecule is CCCCCC[C@H](C)[C@@H](C)O. The first-order valence-electron chi connectivity index (χ1n) is 4.86. The third kappa shape index (κ3) is 6.36. The van der Waals surface area contributed by atoms with Crippen molar-refractivity contribution in [2.75, 3.05) is 0 Å². The smallest absolute Gasteiger partial charge is 0.0537 e. The summed E-state index contributed by atoms with van der Waals surface area (Å²) < 4.78 is 0. The Hall–Kier alpha value is -0.0400. The number of rotatable bonds is 6. The van der Waals surface area contributed by atoms with Crippen molar-refractivity contribution in [1.29, 1.82) is 0 Å². The summed E-state index contributed by atoms with van der Waals surface area (Å²) in [4.78, 5) is 0. The molecule has 0 spiro atoms. The van der Waals surface area contributed by atoms with E-state index in [0.717, 1.165) is 0 Å². The summed E-state index contributed by atoms with van der Waals surface area (Å²) in [5.74, 6) is 0.479. The second-order valence-electron chi connectivity index (χ2n) is 3.57. The number of aliphatic hydroxyl groups is 1. The molecule has 0 aromatic carbocycles. The third-order valence-electron chi connectivity index (χ3n) is 2.34. The van der Waals surface area contributed by atoms with Crippen molar-refractivity contribution in [2.24, 2.45) is 5.92 Å². The lowest BCUT2D eigenvalue weighted by atomic mass is 9.98. The first kappa shape index (κ1) is 11.0. The van der Waals surface area contributed by atoms with Gasteiger partial charge >= 0.3 is 0 Å². The maximum atomic E-state index is 9.18. The average Bonchev–Trinajstić information content (AvgIpc) is 1.97. The molecule has 1 N–H and O–H groups in total. The Kier molecular flexibility index (Phi) is 6.63. The molecule has 2 atom stereocenters. The van der Waals surface area contributed by atoms with Gasteiger partial charge in [-0.05, 0) is 19.3 Å². The first-order valence-corrected chi connectivity index (χ1v) is 4.86. The molecule has 1 nitrogen and oxygen atoms in total. The van der Waals surface area contributed by atoms with Crippen LogP contribution in [0.5, 0.6) is 0 Å². The highest BCUT2D eigenvalue weighted by Crippen LogP contribution is 2.13. The van der Waals surface area contributed by atoms with E-state index in [1.807, 2.05) is 6.92 Å². The lowest BCUT2D eigenvalue weighted by Gasteiger charge is -2.13. The number of unbranched alkanes of at least 4 members (excludes halogenated alkanes) is 3. The van der Waals surface area contributed by atoms with Crippen LogP contribution in [0.1, 0.15) is 52.9 Å². The van der Waals surface area contributed by atoms with E-state index in [9.17, 15) is 5.11 Å². The van der Waals surface area contributed by atoms with Crippen LogP contribution >= 0.6 is 0 Å². The molecule has 0 aliphatic carbocycles. The predicted octanol–water partition coefficient (Wildman–Crippen LogP) is 2.97. The number of hydrogen-bond acceptors (Lipinski definition) is 1. The van der Waals surface area contributed by atoms with Gasteiger partial charge < -0.3 is 5.11 Å². The normalized spacial score (nSPS) is 16.4. The third-order valence-corrected chi connectivity index (χ3v) is 2.34. The molecule has 0 aliphatic rings. The quantitative estimate of drug-likeness (QED) is 0.589. The maximum absolute atomic E-state index is 9.18. The molecule has 0 unspecified atom stereocenters. The molecule has 68 valence electrons. The molecule has 1 heteroatoms. The van der Waals surface area contributed by atoms with Crippen LogP contribution < -0.4 is 0 Å². The maximum Gasteiger partial charge on any atom is 0.0537 e. The Labute approximate surface area is 70.8 Å². The van der Waals surface area contributed by atoms with Crippen molar-refractivity contribution in [3.05, 3.63) is 0 Å². The summed E-state index contributed by atoms with van der Waals surface area (Å²) in [6.07, 6.45) is 6.29. The zero-order valence-electron chi connectivity index (χ0n) is 8.14. The van der Waals surface area contributed by atoms with Gasteiger partial charge in [-0.1, -0.05) is 39.5 Å². The molecular weight excluding hydrogens is 136 g/mol. The topological polar surface area (TPSA) is 20.2 Å². The molecule has 0 aliphatic heterocycles. The van der Waals surface area contributed by atoms with Gasteiger partial charge in [-0.2, -0.15) is 0 Å². The minimum atomic E-state index is -0.128. The van der Waals surface area contributed by atoms with Crippen LogP contribution in [0.15, 0.2) is 0 Å². The molecule has 0 saturated heterocycles. The van der Waals surface area contributed by atoms with Crippen molar-refractivity contribution in [3.63, 3.8) is 0 Å². The van der Waals surface area contributed by atoms with Gasteiger partial charge in [0, 0.05) is 0 Å². The van der Waals surface area contributed by atoms with E-state index in [0.29, 0.717) is 5.92 Å². The van der Waals surface area contributed by atoms with Crippen LogP contribution in [0.3, 0.4) is 0 Å². The summed E-state index contributed by atoms with van der Waals surface area (Å²) in [6.45, 7) is 6.22. The Balaban J connectivity index is 3.10. The second kappa shape index (κ2) is 6.66. The molecule has 0 rings (SSSR count). The van der Waals surface area contributed by atoms with Crippen LogP contribution in [0.2, 0.25) is 0 Å². The van der Waals surface area contributed by atoms with E-state index < -0.39 is 0 Å². The molecule has 0 aromatic heterocycles. The highest BCUT2D eigenvalue weighted by Gasteiger charge is 2.06. The summed E-state index contributed by atoms with van der Waals surface area (Å²) >= 11 is 0. The number of hydrogen-bond donors (Lipinski definition) is 1. The second-order valence-corrected chi connectivity index (χ2v) is 3.57. The zero-order chi connectivity index (χ0) is 8.69. The zero-order valence-corrected chi connectivity index (χ0v) is 8.14. The van der Waals surface area contributed by atoms with E-state index in [1.54, 1.807) is 0 Å². The van der Waals surface area contributed by atoms with E-state index in [-0.39, 0.29) is 6.10 Å². The standard InChI is InChI=1S/C10H22O/c1-4-5-6-7-8-9(2)10(3)11/h9-11H,4-8H2,1-3H3/t9-,10+/m0/s1. The molecule has 0 aromatic rings. The summed E-state index contributed by atoms with van der Waals surface area (Å²) in [7, 11) is 0. The van der Waals surface area contributed by atoms with Crippen molar-refractivity contribution >= 4 is 0 Å². The van der Waals surface area contributed by atoms with Crippen LogP contribution in [-0.4, -0.2) is 11.2 Å². The van der Waals surface area contributed by atoms with Gasteiger partial charge in [-0.25, -0.2) is 0 Å². The lowest BCUT2D eigenvalue weighted by Crippen LogP contribution is -2.12. The Morgan fingerprint density at radius 1 is 1.09 bits per heavy atom. The highest BCUT2D eigenvalue weighted by atomic mass is 16.3. The Morgan fingerprint density at radius 2 is 1.73 bits per heavy atom. The fraction of sp³-hybridized carbons (Fsp3) is 1.00. The van der Waals surface area contributed by atoms with Gasteiger partial charge in [-0.15, -0.1) is 0 Å². The van der Waals surface area contributed by atoms with Gasteiger partial charge in [0.15, 0.2) is 0 Å². The lowest BCUT2D eigenvalue weighted by molar-refractivity contribution is 0.128. The molecule has 0 amide bonds. The highest BCUT2D eigenvalue weighted by molar-refractivity contribution is 4.58. The average molecular weight is 158 g/mol. The van der Waals surface area contributed by atoms with E-state index in [2.05, 4.69) is 13.8 Å². The monoisotopic (exact) mass is 158 g/mol.